The van der Waals surface area contributed by atoms with Crippen LogP contribution < -0.4 is 0 Å². The lowest BCUT2D eigenvalue weighted by molar-refractivity contribution is -0.134. The predicted molar refractivity (Wildman–Crippen MR) is 87.3 cm³/mol. The number of carbonyl (C=O) groups is 2. The van der Waals surface area contributed by atoms with E-state index in [4.69, 9.17) is 0 Å². The smallest absolute Gasteiger partial charge is 0.224 e. The van der Waals surface area contributed by atoms with Gasteiger partial charge >= 0.3 is 0 Å². The van der Waals surface area contributed by atoms with Crippen molar-refractivity contribution < 1.29 is 9.59 Å². The molecule has 1 aliphatic heterocycles. The first-order chi connectivity index (χ1) is 10.6. The van der Waals surface area contributed by atoms with Gasteiger partial charge in [0.15, 0.2) is 0 Å². The molecule has 0 aromatic heterocycles. The Kier molecular flexibility index (Phi) is 5.99. The van der Waals surface area contributed by atoms with Crippen molar-refractivity contribution in [2.24, 2.45) is 0 Å². The van der Waals surface area contributed by atoms with E-state index in [1.807, 2.05) is 36.1 Å². The van der Waals surface area contributed by atoms with Crippen molar-refractivity contribution in [1.82, 2.24) is 9.80 Å². The molecule has 4 nitrogen and oxygen atoms in total. The van der Waals surface area contributed by atoms with E-state index in [0.717, 1.165) is 31.5 Å². The fourth-order valence-electron chi connectivity index (χ4n) is 2.79. The summed E-state index contributed by atoms with van der Waals surface area (Å²) in [6.45, 7) is 6.43. The first-order valence-electron chi connectivity index (χ1n) is 8.15. The van der Waals surface area contributed by atoms with Crippen LogP contribution in [0.3, 0.4) is 0 Å². The molecule has 1 aromatic carbocycles. The van der Waals surface area contributed by atoms with Crippen LogP contribution in [0.4, 0.5) is 0 Å². The van der Waals surface area contributed by atoms with E-state index in [-0.39, 0.29) is 11.8 Å². The predicted octanol–water partition coefficient (Wildman–Crippen LogP) is 2.75. The molecule has 0 spiro atoms. The normalized spacial score (nSPS) is 14.7. The van der Waals surface area contributed by atoms with Gasteiger partial charge in [0.1, 0.15) is 0 Å². The molecule has 0 atom stereocenters. The molecule has 0 N–H and O–H groups in total. The number of nitrogens with zero attached hydrogens (tertiary/aromatic N) is 2. The van der Waals surface area contributed by atoms with Crippen molar-refractivity contribution >= 4 is 11.8 Å². The van der Waals surface area contributed by atoms with Gasteiger partial charge in [-0.3, -0.25) is 9.59 Å². The van der Waals surface area contributed by atoms with Crippen LogP contribution in [-0.2, 0) is 16.1 Å². The highest BCUT2D eigenvalue weighted by atomic mass is 16.2. The summed E-state index contributed by atoms with van der Waals surface area (Å²) in [6, 6.07) is 8.18. The summed E-state index contributed by atoms with van der Waals surface area (Å²) in [5.74, 6) is 0.196. The van der Waals surface area contributed by atoms with Gasteiger partial charge in [-0.15, -0.1) is 0 Å². The average Bonchev–Trinajstić information content (AvgIpc) is 2.53. The molecule has 0 bridgehead atoms. The van der Waals surface area contributed by atoms with Gasteiger partial charge in [-0.05, 0) is 31.7 Å². The highest BCUT2D eigenvalue weighted by Gasteiger charge is 2.18. The molecule has 1 heterocycles. The first kappa shape index (κ1) is 16.5. The zero-order valence-electron chi connectivity index (χ0n) is 13.7. The standard InChI is InChI=1S/C18H26N2O2/c1-15-6-8-17(9-7-15)14-20(16(2)21)13-10-18(22)19-11-4-3-5-12-19/h6-9H,3-5,10-14H2,1-2H3. The minimum Gasteiger partial charge on any atom is -0.343 e. The van der Waals surface area contributed by atoms with Gasteiger partial charge in [-0.1, -0.05) is 29.8 Å². The summed E-state index contributed by atoms with van der Waals surface area (Å²) in [5, 5.41) is 0. The third kappa shape index (κ3) is 4.86. The third-order valence-electron chi connectivity index (χ3n) is 4.24. The number of amides is 2. The maximum atomic E-state index is 12.2. The van der Waals surface area contributed by atoms with Crippen LogP contribution in [0.1, 0.15) is 43.7 Å². The van der Waals surface area contributed by atoms with Crippen molar-refractivity contribution in [3.8, 4) is 0 Å². The second-order valence-electron chi connectivity index (χ2n) is 6.12. The molecule has 0 aliphatic carbocycles. The molecule has 2 rings (SSSR count). The van der Waals surface area contributed by atoms with Crippen molar-refractivity contribution in [2.75, 3.05) is 19.6 Å². The van der Waals surface area contributed by atoms with Gasteiger partial charge in [0, 0.05) is 39.5 Å². The summed E-state index contributed by atoms with van der Waals surface area (Å²) in [5.41, 5.74) is 2.31. The zero-order chi connectivity index (χ0) is 15.9. The number of piperidine rings is 1. The summed E-state index contributed by atoms with van der Waals surface area (Å²) in [4.78, 5) is 27.7. The molecule has 1 saturated heterocycles. The van der Waals surface area contributed by atoms with Crippen molar-refractivity contribution in [2.45, 2.75) is 46.1 Å². The zero-order valence-corrected chi connectivity index (χ0v) is 13.7. The summed E-state index contributed by atoms with van der Waals surface area (Å²) in [6.07, 6.45) is 3.85. The van der Waals surface area contributed by atoms with E-state index < -0.39 is 0 Å². The van der Waals surface area contributed by atoms with Gasteiger partial charge in [-0.2, -0.15) is 0 Å². The van der Waals surface area contributed by atoms with Crippen molar-refractivity contribution in [3.05, 3.63) is 35.4 Å². The molecule has 0 saturated carbocycles. The molecular weight excluding hydrogens is 276 g/mol. The topological polar surface area (TPSA) is 40.6 Å². The SMILES string of the molecule is CC(=O)N(CCC(=O)N1CCCCC1)Cc1ccc(C)cc1. The molecule has 2 amide bonds. The highest BCUT2D eigenvalue weighted by molar-refractivity contribution is 5.78. The van der Waals surface area contributed by atoms with E-state index in [0.29, 0.717) is 19.5 Å². The van der Waals surface area contributed by atoms with Crippen LogP contribution in [0.15, 0.2) is 24.3 Å². The van der Waals surface area contributed by atoms with Crippen LogP contribution >= 0.6 is 0 Å². The van der Waals surface area contributed by atoms with Gasteiger partial charge in [0.2, 0.25) is 11.8 Å². The van der Waals surface area contributed by atoms with Crippen LogP contribution in [-0.4, -0.2) is 41.2 Å². The minimum atomic E-state index is 0.0204. The molecule has 1 aliphatic rings. The van der Waals surface area contributed by atoms with E-state index in [1.165, 1.54) is 12.0 Å². The molecule has 1 fully saturated rings. The van der Waals surface area contributed by atoms with Gasteiger partial charge in [0.05, 0.1) is 0 Å². The Balaban J connectivity index is 1.87. The lowest BCUT2D eigenvalue weighted by atomic mass is 10.1. The minimum absolute atomic E-state index is 0.0204. The number of hydrogen-bond donors (Lipinski definition) is 0. The second kappa shape index (κ2) is 7.97. The van der Waals surface area contributed by atoms with E-state index in [2.05, 4.69) is 0 Å². The van der Waals surface area contributed by atoms with E-state index >= 15 is 0 Å². The number of aryl methyl sites for hydroxylation is 1. The number of rotatable bonds is 5. The third-order valence-corrected chi connectivity index (χ3v) is 4.24. The first-order valence-corrected chi connectivity index (χ1v) is 8.15. The summed E-state index contributed by atoms with van der Waals surface area (Å²) >= 11 is 0. The lowest BCUT2D eigenvalue weighted by Gasteiger charge is -2.28. The van der Waals surface area contributed by atoms with Gasteiger partial charge in [-0.25, -0.2) is 0 Å². The number of likely N-dealkylation sites (tertiary alicyclic amines) is 1. The maximum absolute atomic E-state index is 12.2. The molecule has 0 radical (unpaired) electrons. The van der Waals surface area contributed by atoms with Crippen molar-refractivity contribution in [3.63, 3.8) is 0 Å². The van der Waals surface area contributed by atoms with Gasteiger partial charge < -0.3 is 9.80 Å². The fraction of sp³-hybridized carbons (Fsp3) is 0.556. The molecule has 4 heteroatoms. The van der Waals surface area contributed by atoms with Crippen LogP contribution in [0.2, 0.25) is 0 Å². The highest BCUT2D eigenvalue weighted by Crippen LogP contribution is 2.12. The molecule has 0 unspecified atom stereocenters. The van der Waals surface area contributed by atoms with Crippen LogP contribution in [0.25, 0.3) is 0 Å². The van der Waals surface area contributed by atoms with E-state index in [1.54, 1.807) is 11.8 Å². The lowest BCUT2D eigenvalue weighted by Crippen LogP contribution is -2.38. The Morgan fingerprint density at radius 1 is 1.09 bits per heavy atom. The van der Waals surface area contributed by atoms with Crippen molar-refractivity contribution in [1.29, 1.82) is 0 Å². The molecule has 1 aromatic rings. The van der Waals surface area contributed by atoms with Crippen LogP contribution in [0.5, 0.6) is 0 Å². The summed E-state index contributed by atoms with van der Waals surface area (Å²) in [7, 11) is 0. The number of carbonyl (C=O) groups excluding carboxylic acids is 2. The van der Waals surface area contributed by atoms with E-state index in [9.17, 15) is 9.59 Å². The second-order valence-corrected chi connectivity index (χ2v) is 6.12. The Hall–Kier alpha value is -1.84. The Morgan fingerprint density at radius 2 is 1.73 bits per heavy atom. The Bertz CT molecular complexity index is 504. The monoisotopic (exact) mass is 302 g/mol. The number of benzene rings is 1. The Labute approximate surface area is 133 Å². The quantitative estimate of drug-likeness (QED) is 0.839. The molecular formula is C18H26N2O2. The Morgan fingerprint density at radius 3 is 2.32 bits per heavy atom. The van der Waals surface area contributed by atoms with Crippen LogP contribution in [0, 0.1) is 6.92 Å². The fourth-order valence-corrected chi connectivity index (χ4v) is 2.79. The number of hydrogen-bond acceptors (Lipinski definition) is 2. The molecule has 120 valence electrons. The maximum Gasteiger partial charge on any atom is 0.224 e. The van der Waals surface area contributed by atoms with Gasteiger partial charge in [0.25, 0.3) is 0 Å². The molecule has 22 heavy (non-hydrogen) atoms. The largest absolute Gasteiger partial charge is 0.343 e. The summed E-state index contributed by atoms with van der Waals surface area (Å²) < 4.78 is 0. The average molecular weight is 302 g/mol.